The number of methoxy groups -OCH3 is 1. The van der Waals surface area contributed by atoms with Gasteiger partial charge in [-0.2, -0.15) is 0 Å². The van der Waals surface area contributed by atoms with Gasteiger partial charge in [0, 0.05) is 6.20 Å². The van der Waals surface area contributed by atoms with Crippen LogP contribution in [0.1, 0.15) is 22.7 Å². The van der Waals surface area contributed by atoms with Gasteiger partial charge >= 0.3 is 0 Å². The van der Waals surface area contributed by atoms with Crippen LogP contribution in [0.3, 0.4) is 0 Å². The molecule has 0 aliphatic carbocycles. The highest BCUT2D eigenvalue weighted by Gasteiger charge is 2.16. The Bertz CT molecular complexity index is 866. The number of pyridine rings is 1. The summed E-state index contributed by atoms with van der Waals surface area (Å²) < 4.78 is 5.32. The van der Waals surface area contributed by atoms with E-state index in [9.17, 15) is 0 Å². The normalized spacial score (nSPS) is 11.5. The Labute approximate surface area is 159 Å². The number of thiocarbonyl (C=S) groups is 1. The van der Waals surface area contributed by atoms with Crippen molar-refractivity contribution in [3.63, 3.8) is 0 Å². The van der Waals surface area contributed by atoms with Gasteiger partial charge < -0.3 is 15.4 Å². The molecule has 0 aliphatic heterocycles. The molecule has 2 aromatic carbocycles. The van der Waals surface area contributed by atoms with E-state index >= 15 is 0 Å². The van der Waals surface area contributed by atoms with E-state index in [1.807, 2.05) is 30.3 Å². The van der Waals surface area contributed by atoms with Gasteiger partial charge in [0.25, 0.3) is 0 Å². The minimum Gasteiger partial charge on any atom is -0.493 e. The highest BCUT2D eigenvalue weighted by molar-refractivity contribution is 7.80. The summed E-state index contributed by atoms with van der Waals surface area (Å²) in [6.07, 6.45) is 1.70. The third-order valence-electron chi connectivity index (χ3n) is 4.04. The molecular formula is C21H21N3OS. The zero-order valence-electron chi connectivity index (χ0n) is 14.8. The van der Waals surface area contributed by atoms with Crippen molar-refractivity contribution in [2.75, 3.05) is 12.4 Å². The number of hydrogen-bond acceptors (Lipinski definition) is 3. The molecule has 0 amide bonds. The number of rotatable bonds is 5. The summed E-state index contributed by atoms with van der Waals surface area (Å²) in [6.45, 7) is 2.08. The van der Waals surface area contributed by atoms with Crippen molar-refractivity contribution in [3.05, 3.63) is 89.6 Å². The fourth-order valence-electron chi connectivity index (χ4n) is 2.69. The largest absolute Gasteiger partial charge is 0.493 e. The van der Waals surface area contributed by atoms with Crippen molar-refractivity contribution in [1.29, 1.82) is 0 Å². The first kappa shape index (κ1) is 17.9. The van der Waals surface area contributed by atoms with Gasteiger partial charge in [0.1, 0.15) is 0 Å². The molecule has 0 saturated heterocycles. The van der Waals surface area contributed by atoms with Crippen LogP contribution in [0.15, 0.2) is 72.9 Å². The van der Waals surface area contributed by atoms with Gasteiger partial charge in [0.15, 0.2) is 16.7 Å². The average molecular weight is 363 g/mol. The third kappa shape index (κ3) is 4.37. The second-order valence-electron chi connectivity index (χ2n) is 5.91. The van der Waals surface area contributed by atoms with Crippen LogP contribution in [0.25, 0.3) is 0 Å². The number of aromatic nitrogens is 1. The highest BCUT2D eigenvalue weighted by atomic mass is 32.1. The lowest BCUT2D eigenvalue weighted by atomic mass is 9.98. The maximum absolute atomic E-state index is 5.53. The molecule has 26 heavy (non-hydrogen) atoms. The predicted octanol–water partition coefficient (Wildman–Crippen LogP) is 4.47. The molecule has 0 saturated carbocycles. The molecule has 0 aliphatic rings. The first-order valence-electron chi connectivity index (χ1n) is 8.35. The van der Waals surface area contributed by atoms with Gasteiger partial charge in [-0.3, -0.25) is 0 Å². The van der Waals surface area contributed by atoms with Crippen LogP contribution in [-0.2, 0) is 0 Å². The van der Waals surface area contributed by atoms with Gasteiger partial charge in [0.05, 0.1) is 13.2 Å². The first-order chi connectivity index (χ1) is 12.7. The minimum atomic E-state index is -0.0634. The summed E-state index contributed by atoms with van der Waals surface area (Å²) in [5.41, 5.74) is 3.49. The monoisotopic (exact) mass is 363 g/mol. The van der Waals surface area contributed by atoms with Gasteiger partial charge in [-0.1, -0.05) is 60.2 Å². The smallest absolute Gasteiger partial charge is 0.174 e. The Morgan fingerprint density at radius 3 is 2.35 bits per heavy atom. The molecule has 0 unspecified atom stereocenters. The Kier molecular flexibility index (Phi) is 5.81. The Morgan fingerprint density at radius 1 is 0.962 bits per heavy atom. The molecule has 3 aromatic rings. The van der Waals surface area contributed by atoms with Crippen LogP contribution < -0.4 is 15.4 Å². The molecule has 5 heteroatoms. The second-order valence-corrected chi connectivity index (χ2v) is 6.32. The van der Waals surface area contributed by atoms with Crippen molar-refractivity contribution in [2.45, 2.75) is 13.0 Å². The van der Waals surface area contributed by atoms with Crippen LogP contribution in [0.2, 0.25) is 0 Å². The number of ether oxygens (including phenoxy) is 1. The maximum atomic E-state index is 5.53. The number of aryl methyl sites for hydroxylation is 1. The molecule has 0 bridgehead atoms. The molecule has 1 aromatic heterocycles. The average Bonchev–Trinajstić information content (AvgIpc) is 2.68. The van der Waals surface area contributed by atoms with Crippen molar-refractivity contribution in [2.24, 2.45) is 0 Å². The number of nitrogens with zero attached hydrogens (tertiary/aromatic N) is 1. The fourth-order valence-corrected chi connectivity index (χ4v) is 2.90. The van der Waals surface area contributed by atoms with Gasteiger partial charge in [-0.15, -0.1) is 0 Å². The molecule has 3 rings (SSSR count). The zero-order chi connectivity index (χ0) is 18.4. The minimum absolute atomic E-state index is 0.0634. The van der Waals surface area contributed by atoms with E-state index in [-0.39, 0.29) is 6.04 Å². The maximum Gasteiger partial charge on any atom is 0.174 e. The number of hydrogen-bond donors (Lipinski definition) is 2. The lowest BCUT2D eigenvalue weighted by Gasteiger charge is -2.22. The Morgan fingerprint density at radius 2 is 1.65 bits per heavy atom. The summed E-state index contributed by atoms with van der Waals surface area (Å²) in [5, 5.41) is 7.00. The number of nitrogens with one attached hydrogen (secondary N) is 2. The van der Waals surface area contributed by atoms with Crippen molar-refractivity contribution in [1.82, 2.24) is 10.3 Å². The van der Waals surface area contributed by atoms with Crippen LogP contribution in [0, 0.1) is 6.92 Å². The molecule has 0 fully saturated rings. The number of benzene rings is 2. The quantitative estimate of drug-likeness (QED) is 0.655. The van der Waals surface area contributed by atoms with Crippen molar-refractivity contribution < 1.29 is 4.74 Å². The zero-order valence-corrected chi connectivity index (χ0v) is 15.6. The van der Waals surface area contributed by atoms with E-state index in [0.717, 1.165) is 11.1 Å². The van der Waals surface area contributed by atoms with Crippen molar-refractivity contribution in [3.8, 4) is 5.75 Å². The molecule has 0 radical (unpaired) electrons. The summed E-state index contributed by atoms with van der Waals surface area (Å²) in [5.74, 6) is 1.23. The van der Waals surface area contributed by atoms with Crippen LogP contribution in [0.4, 0.5) is 5.82 Å². The Balaban J connectivity index is 1.83. The number of anilines is 1. The molecule has 1 heterocycles. The second kappa shape index (κ2) is 8.45. The first-order valence-corrected chi connectivity index (χ1v) is 8.76. The van der Waals surface area contributed by atoms with E-state index in [0.29, 0.717) is 16.7 Å². The third-order valence-corrected chi connectivity index (χ3v) is 4.26. The lowest BCUT2D eigenvalue weighted by Crippen LogP contribution is -2.33. The molecule has 2 N–H and O–H groups in total. The summed E-state index contributed by atoms with van der Waals surface area (Å²) in [6, 6.07) is 22.3. The highest BCUT2D eigenvalue weighted by Crippen LogP contribution is 2.24. The van der Waals surface area contributed by atoms with Crippen LogP contribution in [0.5, 0.6) is 5.75 Å². The standard InChI is InChI=1S/C21H21N3OS/c1-15-10-12-17(13-11-15)19(16-7-4-3-5-8-16)23-21(26)24-20-18(25-2)9-6-14-22-20/h3-14,19H,1-2H3,(H2,22,23,24,26)/t19-/m1/s1. The molecule has 1 atom stereocenters. The van der Waals surface area contributed by atoms with Gasteiger partial charge in [0.2, 0.25) is 0 Å². The summed E-state index contributed by atoms with van der Waals surface area (Å²) >= 11 is 5.53. The summed E-state index contributed by atoms with van der Waals surface area (Å²) in [7, 11) is 1.61. The molecule has 0 spiro atoms. The fraction of sp³-hybridized carbons (Fsp3) is 0.143. The van der Waals surface area contributed by atoms with E-state index in [2.05, 4.69) is 58.9 Å². The van der Waals surface area contributed by atoms with Gasteiger partial charge in [-0.05, 0) is 42.4 Å². The molecular weight excluding hydrogens is 342 g/mol. The van der Waals surface area contributed by atoms with Crippen LogP contribution >= 0.6 is 12.2 Å². The SMILES string of the molecule is COc1cccnc1NC(=S)N[C@H](c1ccccc1)c1ccc(C)cc1. The van der Waals surface area contributed by atoms with Crippen molar-refractivity contribution >= 4 is 23.1 Å². The summed E-state index contributed by atoms with van der Waals surface area (Å²) in [4.78, 5) is 4.29. The molecule has 4 nitrogen and oxygen atoms in total. The van der Waals surface area contributed by atoms with E-state index < -0.39 is 0 Å². The van der Waals surface area contributed by atoms with Gasteiger partial charge in [-0.25, -0.2) is 4.98 Å². The lowest BCUT2D eigenvalue weighted by molar-refractivity contribution is 0.415. The predicted molar refractivity (Wildman–Crippen MR) is 110 cm³/mol. The topological polar surface area (TPSA) is 46.2 Å². The van der Waals surface area contributed by atoms with E-state index in [4.69, 9.17) is 17.0 Å². The molecule has 132 valence electrons. The van der Waals surface area contributed by atoms with Crippen LogP contribution in [-0.4, -0.2) is 17.2 Å². The van der Waals surface area contributed by atoms with E-state index in [1.54, 1.807) is 13.3 Å². The van der Waals surface area contributed by atoms with E-state index in [1.165, 1.54) is 5.56 Å². The Hall–Kier alpha value is -2.92.